The molecule has 0 bridgehead atoms. The van der Waals surface area contributed by atoms with Crippen LogP contribution in [0.5, 0.6) is 5.75 Å². The molecule has 2 nitrogen and oxygen atoms in total. The summed E-state index contributed by atoms with van der Waals surface area (Å²) >= 11 is 3.54. The molecule has 1 aromatic rings. The van der Waals surface area contributed by atoms with Gasteiger partial charge in [-0.05, 0) is 48.3 Å². The van der Waals surface area contributed by atoms with E-state index in [4.69, 9.17) is 4.74 Å². The third kappa shape index (κ3) is 4.72. The van der Waals surface area contributed by atoms with E-state index >= 15 is 0 Å². The van der Waals surface area contributed by atoms with Gasteiger partial charge in [0.05, 0.1) is 7.11 Å². The Morgan fingerprint density at radius 1 is 1.19 bits per heavy atom. The van der Waals surface area contributed by atoms with E-state index < -0.39 is 0 Å². The zero-order chi connectivity index (χ0) is 15.7. The summed E-state index contributed by atoms with van der Waals surface area (Å²) in [5.41, 5.74) is 2.05. The van der Waals surface area contributed by atoms with Crippen LogP contribution in [0.3, 0.4) is 0 Å². The first-order valence-corrected chi connectivity index (χ1v) is 8.56. The second-order valence-corrected chi connectivity index (χ2v) is 8.86. The number of benzene rings is 1. The van der Waals surface area contributed by atoms with Gasteiger partial charge in [-0.15, -0.1) is 0 Å². The summed E-state index contributed by atoms with van der Waals surface area (Å²) in [4.78, 5) is 0. The molecule has 0 unspecified atom stereocenters. The van der Waals surface area contributed by atoms with Gasteiger partial charge in [0.1, 0.15) is 5.75 Å². The number of nitrogens with one attached hydrogen (secondary N) is 1. The van der Waals surface area contributed by atoms with Crippen molar-refractivity contribution in [1.29, 1.82) is 0 Å². The second-order valence-electron chi connectivity index (χ2n) is 7.95. The van der Waals surface area contributed by atoms with Gasteiger partial charge in [0, 0.05) is 22.6 Å². The minimum Gasteiger partial charge on any atom is -0.496 e. The number of halogens is 1. The first-order valence-electron chi connectivity index (χ1n) is 7.77. The highest BCUT2D eigenvalue weighted by Gasteiger charge is 2.38. The maximum absolute atomic E-state index is 5.46. The lowest BCUT2D eigenvalue weighted by Gasteiger charge is -2.45. The van der Waals surface area contributed by atoms with Crippen LogP contribution in [0, 0.1) is 10.8 Å². The Morgan fingerprint density at radius 3 is 2.38 bits per heavy atom. The van der Waals surface area contributed by atoms with Gasteiger partial charge in [0.2, 0.25) is 0 Å². The van der Waals surface area contributed by atoms with E-state index in [1.165, 1.54) is 24.8 Å². The molecular formula is C18H28BrNO. The first-order chi connectivity index (χ1) is 9.71. The quantitative estimate of drug-likeness (QED) is 0.807. The molecular weight excluding hydrogens is 326 g/mol. The van der Waals surface area contributed by atoms with Gasteiger partial charge < -0.3 is 10.1 Å². The highest BCUT2D eigenvalue weighted by molar-refractivity contribution is 9.10. The Kier molecular flexibility index (Phi) is 5.04. The molecule has 1 aliphatic rings. The Morgan fingerprint density at radius 2 is 1.81 bits per heavy atom. The van der Waals surface area contributed by atoms with Crippen LogP contribution in [0.25, 0.3) is 0 Å². The fourth-order valence-corrected chi connectivity index (χ4v) is 4.54. The summed E-state index contributed by atoms with van der Waals surface area (Å²) in [6.07, 6.45) is 3.79. The van der Waals surface area contributed by atoms with E-state index in [-0.39, 0.29) is 0 Å². The summed E-state index contributed by atoms with van der Waals surface area (Å²) in [7, 11) is 1.74. The first kappa shape index (κ1) is 16.8. The molecule has 0 amide bonds. The van der Waals surface area contributed by atoms with Crippen molar-refractivity contribution in [3.05, 3.63) is 28.2 Å². The van der Waals surface area contributed by atoms with Gasteiger partial charge in [-0.25, -0.2) is 0 Å². The molecule has 0 heterocycles. The van der Waals surface area contributed by atoms with Gasteiger partial charge >= 0.3 is 0 Å². The molecule has 1 aromatic carbocycles. The number of rotatable bonds is 4. The molecule has 1 fully saturated rings. The average molecular weight is 354 g/mol. The summed E-state index contributed by atoms with van der Waals surface area (Å²) in [5, 5.41) is 3.75. The minimum absolute atomic E-state index is 0.417. The zero-order valence-electron chi connectivity index (χ0n) is 13.9. The maximum atomic E-state index is 5.46. The van der Waals surface area contributed by atoms with Crippen molar-refractivity contribution in [1.82, 2.24) is 5.32 Å². The highest BCUT2D eigenvalue weighted by Crippen LogP contribution is 2.45. The minimum atomic E-state index is 0.417. The fourth-order valence-electron chi connectivity index (χ4n) is 4.13. The van der Waals surface area contributed by atoms with E-state index in [2.05, 4.69) is 55.0 Å². The predicted molar refractivity (Wildman–Crippen MR) is 92.7 cm³/mol. The highest BCUT2D eigenvalue weighted by atomic mass is 79.9. The summed E-state index contributed by atoms with van der Waals surface area (Å²) in [6, 6.07) is 6.77. The molecule has 0 radical (unpaired) electrons. The Labute approximate surface area is 137 Å². The van der Waals surface area contributed by atoms with Gasteiger partial charge in [0.25, 0.3) is 0 Å². The molecule has 21 heavy (non-hydrogen) atoms. The van der Waals surface area contributed by atoms with Gasteiger partial charge in [0.15, 0.2) is 0 Å². The largest absolute Gasteiger partial charge is 0.496 e. The number of hydrogen-bond donors (Lipinski definition) is 1. The normalized spacial score (nSPS) is 21.2. The second kappa shape index (κ2) is 6.29. The van der Waals surface area contributed by atoms with Crippen LogP contribution in [0.4, 0.5) is 0 Å². The van der Waals surface area contributed by atoms with Crippen molar-refractivity contribution in [2.75, 3.05) is 7.11 Å². The van der Waals surface area contributed by atoms with Crippen molar-refractivity contribution in [3.8, 4) is 5.75 Å². The third-order valence-corrected chi connectivity index (χ3v) is 4.87. The lowest BCUT2D eigenvalue weighted by atomic mass is 9.63. The van der Waals surface area contributed by atoms with Crippen molar-refractivity contribution >= 4 is 15.9 Å². The lowest BCUT2D eigenvalue weighted by molar-refractivity contribution is 0.0844. The van der Waals surface area contributed by atoms with Crippen LogP contribution in [0.2, 0.25) is 0 Å². The summed E-state index contributed by atoms with van der Waals surface area (Å²) in [5.74, 6) is 0.958. The smallest absolute Gasteiger partial charge is 0.123 e. The van der Waals surface area contributed by atoms with Gasteiger partial charge in [-0.2, -0.15) is 0 Å². The molecule has 0 saturated heterocycles. The van der Waals surface area contributed by atoms with E-state index in [0.717, 1.165) is 16.8 Å². The molecule has 1 N–H and O–H groups in total. The van der Waals surface area contributed by atoms with Crippen LogP contribution in [0.1, 0.15) is 52.5 Å². The van der Waals surface area contributed by atoms with Crippen LogP contribution >= 0.6 is 15.9 Å². The lowest BCUT2D eigenvalue weighted by Crippen LogP contribution is -2.43. The molecule has 2 rings (SSSR count). The van der Waals surface area contributed by atoms with Crippen molar-refractivity contribution in [2.45, 2.75) is 59.5 Å². The zero-order valence-corrected chi connectivity index (χ0v) is 15.5. The molecule has 0 aromatic heterocycles. The van der Waals surface area contributed by atoms with E-state index in [1.807, 2.05) is 12.1 Å². The molecule has 118 valence electrons. The Bertz CT molecular complexity index is 480. The SMILES string of the molecule is COc1ccc(Br)cc1CNC1CC(C)(C)CC(C)(C)C1. The molecule has 1 saturated carbocycles. The molecule has 0 aliphatic heterocycles. The number of hydrogen-bond acceptors (Lipinski definition) is 2. The van der Waals surface area contributed by atoms with Crippen molar-refractivity contribution in [3.63, 3.8) is 0 Å². The van der Waals surface area contributed by atoms with Crippen molar-refractivity contribution < 1.29 is 4.74 Å². The van der Waals surface area contributed by atoms with Crippen molar-refractivity contribution in [2.24, 2.45) is 10.8 Å². The monoisotopic (exact) mass is 353 g/mol. The Balaban J connectivity index is 2.04. The predicted octanol–water partition coefficient (Wildman–Crippen LogP) is 5.15. The van der Waals surface area contributed by atoms with Crippen LogP contribution in [-0.2, 0) is 6.54 Å². The van der Waals surface area contributed by atoms with Crippen LogP contribution in [-0.4, -0.2) is 13.2 Å². The standard InChI is InChI=1S/C18H28BrNO/c1-17(2)9-15(10-18(3,4)12-17)20-11-13-8-14(19)6-7-16(13)21-5/h6-8,15,20H,9-12H2,1-5H3. The summed E-state index contributed by atoms with van der Waals surface area (Å²) < 4.78 is 6.56. The molecule has 3 heteroatoms. The number of ether oxygens (including phenoxy) is 1. The van der Waals surface area contributed by atoms with E-state index in [1.54, 1.807) is 7.11 Å². The van der Waals surface area contributed by atoms with E-state index in [9.17, 15) is 0 Å². The molecule has 0 atom stereocenters. The Hall–Kier alpha value is -0.540. The number of methoxy groups -OCH3 is 1. The molecule has 0 spiro atoms. The van der Waals surface area contributed by atoms with Crippen LogP contribution in [0.15, 0.2) is 22.7 Å². The average Bonchev–Trinajstić information content (AvgIpc) is 2.33. The van der Waals surface area contributed by atoms with Crippen LogP contribution < -0.4 is 10.1 Å². The third-order valence-electron chi connectivity index (χ3n) is 4.38. The van der Waals surface area contributed by atoms with Gasteiger partial charge in [-0.1, -0.05) is 43.6 Å². The maximum Gasteiger partial charge on any atom is 0.123 e. The van der Waals surface area contributed by atoms with E-state index in [0.29, 0.717) is 16.9 Å². The topological polar surface area (TPSA) is 21.3 Å². The summed E-state index contributed by atoms with van der Waals surface area (Å²) in [6.45, 7) is 10.4. The fraction of sp³-hybridized carbons (Fsp3) is 0.667. The van der Waals surface area contributed by atoms with Gasteiger partial charge in [-0.3, -0.25) is 0 Å². The molecule has 1 aliphatic carbocycles.